The number of aryl methyl sites for hydroxylation is 2. The summed E-state index contributed by atoms with van der Waals surface area (Å²) < 4.78 is 26.8. The van der Waals surface area contributed by atoms with Gasteiger partial charge in [0.25, 0.3) is 0 Å². The Morgan fingerprint density at radius 3 is 2.36 bits per heavy atom. The van der Waals surface area contributed by atoms with Crippen LogP contribution in [0, 0.1) is 13.8 Å². The molecule has 4 heteroatoms. The zero-order valence-corrected chi connectivity index (χ0v) is 13.7. The minimum atomic E-state index is -3.41. The Kier molecular flexibility index (Phi) is 5.52. The molecule has 0 saturated carbocycles. The Balaban J connectivity index is 1.88. The number of sulfonamides is 1. The fraction of sp³-hybridized carbons (Fsp3) is 0.222. The van der Waals surface area contributed by atoms with Crippen LogP contribution in [-0.4, -0.2) is 15.0 Å². The second-order valence-corrected chi connectivity index (χ2v) is 7.03. The summed E-state index contributed by atoms with van der Waals surface area (Å²) in [5.74, 6) is 0. The van der Waals surface area contributed by atoms with Crippen LogP contribution in [0.1, 0.15) is 23.1 Å². The minimum absolute atomic E-state index is 0.306. The summed E-state index contributed by atoms with van der Waals surface area (Å²) in [7, 11) is -3.41. The molecule has 0 bridgehead atoms. The summed E-state index contributed by atoms with van der Waals surface area (Å²) in [5, 5.41) is 0. The van der Waals surface area contributed by atoms with Gasteiger partial charge in [0.2, 0.25) is 10.0 Å². The van der Waals surface area contributed by atoms with E-state index in [9.17, 15) is 8.42 Å². The quantitative estimate of drug-likeness (QED) is 0.827. The second-order valence-electron chi connectivity index (χ2n) is 5.26. The van der Waals surface area contributed by atoms with Crippen LogP contribution in [-0.2, 0) is 10.0 Å². The van der Waals surface area contributed by atoms with Crippen molar-refractivity contribution in [2.45, 2.75) is 25.2 Å². The SMILES string of the molecule is Cc1ccc(S(=O)(=O)NCC/C=C/c2ccccc2C)cc1. The van der Waals surface area contributed by atoms with Crippen molar-refractivity contribution in [3.63, 3.8) is 0 Å². The molecule has 2 aromatic carbocycles. The zero-order valence-electron chi connectivity index (χ0n) is 12.9. The van der Waals surface area contributed by atoms with E-state index >= 15 is 0 Å². The lowest BCUT2D eigenvalue weighted by Crippen LogP contribution is -2.24. The van der Waals surface area contributed by atoms with Gasteiger partial charge in [0.1, 0.15) is 0 Å². The zero-order chi connectivity index (χ0) is 16.0. The van der Waals surface area contributed by atoms with E-state index < -0.39 is 10.0 Å². The van der Waals surface area contributed by atoms with Crippen LogP contribution >= 0.6 is 0 Å². The van der Waals surface area contributed by atoms with Gasteiger partial charge in [-0.15, -0.1) is 0 Å². The monoisotopic (exact) mass is 315 g/mol. The predicted octanol–water partition coefficient (Wildman–Crippen LogP) is 3.69. The van der Waals surface area contributed by atoms with Gasteiger partial charge in [0, 0.05) is 6.54 Å². The van der Waals surface area contributed by atoms with Gasteiger partial charge in [0.15, 0.2) is 0 Å². The summed E-state index contributed by atoms with van der Waals surface area (Å²) in [4.78, 5) is 0.306. The standard InChI is InChI=1S/C18H21NO2S/c1-15-10-12-18(13-11-15)22(20,21)19-14-6-5-9-17-8-4-3-7-16(17)2/h3-5,7-13,19H,6,14H2,1-2H3/b9-5+. The van der Waals surface area contributed by atoms with E-state index in [-0.39, 0.29) is 0 Å². The predicted molar refractivity (Wildman–Crippen MR) is 91.2 cm³/mol. The average molecular weight is 315 g/mol. The van der Waals surface area contributed by atoms with E-state index in [1.807, 2.05) is 37.3 Å². The molecule has 0 aromatic heterocycles. The third-order valence-electron chi connectivity index (χ3n) is 3.42. The highest BCUT2D eigenvalue weighted by molar-refractivity contribution is 7.89. The largest absolute Gasteiger partial charge is 0.240 e. The van der Waals surface area contributed by atoms with Crippen LogP contribution in [0.3, 0.4) is 0 Å². The van der Waals surface area contributed by atoms with Crippen molar-refractivity contribution in [3.05, 3.63) is 71.3 Å². The second kappa shape index (κ2) is 7.38. The number of nitrogens with one attached hydrogen (secondary N) is 1. The molecule has 0 unspecified atom stereocenters. The van der Waals surface area contributed by atoms with Gasteiger partial charge in [0.05, 0.1) is 4.90 Å². The molecule has 0 aliphatic heterocycles. The third-order valence-corrected chi connectivity index (χ3v) is 4.90. The highest BCUT2D eigenvalue weighted by Crippen LogP contribution is 2.11. The van der Waals surface area contributed by atoms with Gasteiger partial charge in [-0.3, -0.25) is 0 Å². The van der Waals surface area contributed by atoms with E-state index in [1.54, 1.807) is 24.3 Å². The molecule has 0 amide bonds. The first kappa shape index (κ1) is 16.5. The minimum Gasteiger partial charge on any atom is -0.211 e. The van der Waals surface area contributed by atoms with Crippen LogP contribution in [0.4, 0.5) is 0 Å². The fourth-order valence-corrected chi connectivity index (χ4v) is 3.11. The van der Waals surface area contributed by atoms with Gasteiger partial charge in [-0.2, -0.15) is 0 Å². The maximum absolute atomic E-state index is 12.1. The van der Waals surface area contributed by atoms with E-state index in [0.717, 1.165) is 11.1 Å². The molecular weight excluding hydrogens is 294 g/mol. The molecule has 2 aromatic rings. The normalized spacial score (nSPS) is 11.9. The maximum atomic E-state index is 12.1. The molecule has 0 saturated heterocycles. The molecule has 1 N–H and O–H groups in total. The topological polar surface area (TPSA) is 46.2 Å². The number of hydrogen-bond donors (Lipinski definition) is 1. The molecule has 22 heavy (non-hydrogen) atoms. The fourth-order valence-electron chi connectivity index (χ4n) is 2.06. The van der Waals surface area contributed by atoms with Gasteiger partial charge in [-0.05, 0) is 43.5 Å². The Bertz CT molecular complexity index is 747. The molecule has 0 fully saturated rings. The molecule has 0 spiro atoms. The van der Waals surface area contributed by atoms with Gasteiger partial charge in [-0.25, -0.2) is 13.1 Å². The van der Waals surface area contributed by atoms with Crippen molar-refractivity contribution < 1.29 is 8.42 Å². The number of benzene rings is 2. The Morgan fingerprint density at radius 2 is 1.68 bits per heavy atom. The first-order chi connectivity index (χ1) is 10.5. The Labute approximate surface area is 132 Å². The van der Waals surface area contributed by atoms with Gasteiger partial charge < -0.3 is 0 Å². The smallest absolute Gasteiger partial charge is 0.211 e. The number of rotatable bonds is 6. The van der Waals surface area contributed by atoms with Crippen molar-refractivity contribution in [2.24, 2.45) is 0 Å². The van der Waals surface area contributed by atoms with Gasteiger partial charge in [-0.1, -0.05) is 54.1 Å². The molecule has 0 atom stereocenters. The van der Waals surface area contributed by atoms with Crippen LogP contribution in [0.2, 0.25) is 0 Å². The van der Waals surface area contributed by atoms with E-state index in [4.69, 9.17) is 0 Å². The average Bonchev–Trinajstić information content (AvgIpc) is 2.49. The number of hydrogen-bond acceptors (Lipinski definition) is 2. The highest BCUT2D eigenvalue weighted by Gasteiger charge is 2.11. The first-order valence-electron chi connectivity index (χ1n) is 7.27. The summed E-state index contributed by atoms with van der Waals surface area (Å²) in [6.07, 6.45) is 4.66. The lowest BCUT2D eigenvalue weighted by Gasteiger charge is -2.05. The molecule has 0 heterocycles. The lowest BCUT2D eigenvalue weighted by molar-refractivity contribution is 0.582. The summed E-state index contributed by atoms with van der Waals surface area (Å²) in [6, 6.07) is 14.9. The molecule has 0 aliphatic carbocycles. The highest BCUT2D eigenvalue weighted by atomic mass is 32.2. The lowest BCUT2D eigenvalue weighted by atomic mass is 10.1. The van der Waals surface area contributed by atoms with Crippen molar-refractivity contribution in [1.82, 2.24) is 4.72 Å². The Morgan fingerprint density at radius 1 is 1.00 bits per heavy atom. The molecule has 2 rings (SSSR count). The third kappa shape index (κ3) is 4.55. The van der Waals surface area contributed by atoms with Crippen molar-refractivity contribution in [2.75, 3.05) is 6.54 Å². The summed E-state index contributed by atoms with van der Waals surface area (Å²) in [5.41, 5.74) is 3.41. The van der Waals surface area contributed by atoms with E-state index in [0.29, 0.717) is 17.9 Å². The molecular formula is C18H21NO2S. The van der Waals surface area contributed by atoms with Crippen molar-refractivity contribution >= 4 is 16.1 Å². The van der Waals surface area contributed by atoms with Gasteiger partial charge >= 0.3 is 0 Å². The van der Waals surface area contributed by atoms with Crippen LogP contribution in [0.25, 0.3) is 6.08 Å². The summed E-state index contributed by atoms with van der Waals surface area (Å²) in [6.45, 7) is 4.37. The van der Waals surface area contributed by atoms with Crippen LogP contribution in [0.5, 0.6) is 0 Å². The summed E-state index contributed by atoms with van der Waals surface area (Å²) >= 11 is 0. The molecule has 116 valence electrons. The van der Waals surface area contributed by atoms with Crippen molar-refractivity contribution in [1.29, 1.82) is 0 Å². The van der Waals surface area contributed by atoms with E-state index in [1.165, 1.54) is 5.56 Å². The van der Waals surface area contributed by atoms with Crippen LogP contribution in [0.15, 0.2) is 59.5 Å². The molecule has 3 nitrogen and oxygen atoms in total. The van der Waals surface area contributed by atoms with E-state index in [2.05, 4.69) is 17.7 Å². The molecule has 0 radical (unpaired) electrons. The Hall–Kier alpha value is -1.91. The van der Waals surface area contributed by atoms with Crippen LogP contribution < -0.4 is 4.72 Å². The first-order valence-corrected chi connectivity index (χ1v) is 8.76. The maximum Gasteiger partial charge on any atom is 0.240 e. The van der Waals surface area contributed by atoms with Crippen molar-refractivity contribution in [3.8, 4) is 0 Å². The molecule has 0 aliphatic rings.